The fourth-order valence-corrected chi connectivity index (χ4v) is 1.33. The molecule has 0 atom stereocenters. The van der Waals surface area contributed by atoms with Crippen molar-refractivity contribution in [3.8, 4) is 0 Å². The first-order valence-corrected chi connectivity index (χ1v) is 5.47. The SMILES string of the molecule is C/C(=N\NCCc1cccc(C(F)(F)F)c1)C(=O)O. The van der Waals surface area contributed by atoms with E-state index in [2.05, 4.69) is 10.5 Å². The van der Waals surface area contributed by atoms with Crippen LogP contribution in [-0.2, 0) is 17.4 Å². The topological polar surface area (TPSA) is 61.7 Å². The van der Waals surface area contributed by atoms with Gasteiger partial charge < -0.3 is 10.5 Å². The van der Waals surface area contributed by atoms with Crippen molar-refractivity contribution in [1.29, 1.82) is 0 Å². The Morgan fingerprint density at radius 2 is 2.11 bits per heavy atom. The summed E-state index contributed by atoms with van der Waals surface area (Å²) in [4.78, 5) is 10.4. The van der Waals surface area contributed by atoms with Crippen LogP contribution in [-0.4, -0.2) is 23.3 Å². The van der Waals surface area contributed by atoms with Crippen molar-refractivity contribution in [2.75, 3.05) is 6.54 Å². The average Bonchev–Trinajstić information content (AvgIpc) is 2.33. The zero-order valence-electron chi connectivity index (χ0n) is 10.2. The number of hydrogen-bond donors (Lipinski definition) is 2. The van der Waals surface area contributed by atoms with E-state index in [9.17, 15) is 18.0 Å². The lowest BCUT2D eigenvalue weighted by Crippen LogP contribution is -2.17. The summed E-state index contributed by atoms with van der Waals surface area (Å²) in [6.45, 7) is 1.57. The Balaban J connectivity index is 2.55. The molecule has 0 aliphatic heterocycles. The molecule has 1 rings (SSSR count). The van der Waals surface area contributed by atoms with Crippen LogP contribution in [0.5, 0.6) is 0 Å². The van der Waals surface area contributed by atoms with E-state index < -0.39 is 17.7 Å². The van der Waals surface area contributed by atoms with Crippen molar-refractivity contribution in [1.82, 2.24) is 5.43 Å². The number of hydrazone groups is 1. The van der Waals surface area contributed by atoms with Gasteiger partial charge in [-0.25, -0.2) is 4.79 Å². The molecule has 0 aliphatic carbocycles. The van der Waals surface area contributed by atoms with Gasteiger partial charge >= 0.3 is 12.1 Å². The molecule has 0 fully saturated rings. The summed E-state index contributed by atoms with van der Waals surface area (Å²) in [5.41, 5.74) is 2.20. The van der Waals surface area contributed by atoms with E-state index in [1.54, 1.807) is 6.07 Å². The third-order valence-electron chi connectivity index (χ3n) is 2.34. The summed E-state index contributed by atoms with van der Waals surface area (Å²) in [7, 11) is 0. The molecular weight excluding hydrogens is 261 g/mol. The lowest BCUT2D eigenvalue weighted by atomic mass is 10.1. The molecule has 0 saturated carbocycles. The summed E-state index contributed by atoms with van der Waals surface area (Å²) < 4.78 is 37.3. The Hall–Kier alpha value is -2.05. The average molecular weight is 274 g/mol. The molecule has 0 aliphatic rings. The number of carbonyl (C=O) groups is 1. The number of hydrogen-bond acceptors (Lipinski definition) is 3. The Kier molecular flexibility index (Phi) is 4.91. The first-order chi connectivity index (χ1) is 8.80. The quantitative estimate of drug-likeness (QED) is 0.492. The number of carboxylic acids is 1. The van der Waals surface area contributed by atoms with Crippen LogP contribution in [0.4, 0.5) is 13.2 Å². The second kappa shape index (κ2) is 6.21. The number of nitrogens with one attached hydrogen (secondary N) is 1. The normalized spacial score (nSPS) is 12.3. The second-order valence-electron chi connectivity index (χ2n) is 3.86. The van der Waals surface area contributed by atoms with Crippen LogP contribution in [0.2, 0.25) is 0 Å². The number of halogens is 3. The smallest absolute Gasteiger partial charge is 0.416 e. The van der Waals surface area contributed by atoms with E-state index in [4.69, 9.17) is 5.11 Å². The Morgan fingerprint density at radius 1 is 1.42 bits per heavy atom. The zero-order valence-corrected chi connectivity index (χ0v) is 10.2. The van der Waals surface area contributed by atoms with Crippen LogP contribution in [0, 0.1) is 0 Å². The highest BCUT2D eigenvalue weighted by atomic mass is 19.4. The molecule has 104 valence electrons. The van der Waals surface area contributed by atoms with E-state index in [0.717, 1.165) is 12.1 Å². The van der Waals surface area contributed by atoms with Gasteiger partial charge in [-0.05, 0) is 25.0 Å². The fourth-order valence-electron chi connectivity index (χ4n) is 1.33. The van der Waals surface area contributed by atoms with Crippen LogP contribution in [0.15, 0.2) is 29.4 Å². The zero-order chi connectivity index (χ0) is 14.5. The minimum absolute atomic E-state index is 0.107. The Bertz CT molecular complexity index is 484. The minimum atomic E-state index is -4.36. The van der Waals surface area contributed by atoms with Crippen LogP contribution in [0.25, 0.3) is 0 Å². The number of nitrogens with zero attached hydrogens (tertiary/aromatic N) is 1. The van der Waals surface area contributed by atoms with Gasteiger partial charge in [0.15, 0.2) is 0 Å². The number of benzene rings is 1. The van der Waals surface area contributed by atoms with Crippen molar-refractivity contribution in [3.05, 3.63) is 35.4 Å². The molecule has 0 spiro atoms. The maximum absolute atomic E-state index is 12.4. The van der Waals surface area contributed by atoms with Gasteiger partial charge in [-0.2, -0.15) is 18.3 Å². The number of alkyl halides is 3. The van der Waals surface area contributed by atoms with Gasteiger partial charge in [0.25, 0.3) is 0 Å². The second-order valence-corrected chi connectivity index (χ2v) is 3.86. The largest absolute Gasteiger partial charge is 0.477 e. The molecule has 19 heavy (non-hydrogen) atoms. The number of aliphatic carboxylic acids is 1. The molecule has 0 saturated heterocycles. The molecular formula is C12H13F3N2O2. The Morgan fingerprint density at radius 3 is 2.68 bits per heavy atom. The summed E-state index contributed by atoms with van der Waals surface area (Å²) in [6.07, 6.45) is -4.04. The third-order valence-corrected chi connectivity index (χ3v) is 2.34. The monoisotopic (exact) mass is 274 g/mol. The number of rotatable bonds is 5. The van der Waals surface area contributed by atoms with Gasteiger partial charge in [0.1, 0.15) is 5.71 Å². The van der Waals surface area contributed by atoms with Gasteiger partial charge in [0.05, 0.1) is 5.56 Å². The minimum Gasteiger partial charge on any atom is -0.477 e. The first kappa shape index (κ1) is 15.0. The fraction of sp³-hybridized carbons (Fsp3) is 0.333. The lowest BCUT2D eigenvalue weighted by molar-refractivity contribution is -0.137. The van der Waals surface area contributed by atoms with E-state index in [0.29, 0.717) is 12.0 Å². The van der Waals surface area contributed by atoms with Crippen LogP contribution < -0.4 is 5.43 Å². The lowest BCUT2D eigenvalue weighted by Gasteiger charge is -2.08. The van der Waals surface area contributed by atoms with E-state index in [1.165, 1.54) is 13.0 Å². The predicted molar refractivity (Wildman–Crippen MR) is 63.9 cm³/mol. The number of carboxylic acid groups (broad SMARTS) is 1. The molecule has 7 heteroatoms. The van der Waals surface area contributed by atoms with Gasteiger partial charge in [-0.1, -0.05) is 18.2 Å². The standard InChI is InChI=1S/C12H13F3N2O2/c1-8(11(18)19)17-16-6-5-9-3-2-4-10(7-9)12(13,14)15/h2-4,7,16H,5-6H2,1H3,(H,18,19)/b17-8+. The van der Waals surface area contributed by atoms with Gasteiger partial charge in [0, 0.05) is 6.54 Å². The van der Waals surface area contributed by atoms with Crippen molar-refractivity contribution in [2.24, 2.45) is 5.10 Å². The Labute approximate surface area is 107 Å². The highest BCUT2D eigenvalue weighted by Gasteiger charge is 2.30. The van der Waals surface area contributed by atoms with Crippen molar-refractivity contribution >= 4 is 11.7 Å². The predicted octanol–water partition coefficient (Wildman–Crippen LogP) is 2.30. The van der Waals surface area contributed by atoms with E-state index >= 15 is 0 Å². The molecule has 2 N–H and O–H groups in total. The molecule has 0 amide bonds. The molecule has 1 aromatic carbocycles. The maximum atomic E-state index is 12.4. The highest BCUT2D eigenvalue weighted by molar-refractivity contribution is 6.34. The molecule has 1 aromatic rings. The van der Waals surface area contributed by atoms with E-state index in [-0.39, 0.29) is 12.3 Å². The summed E-state index contributed by atoms with van der Waals surface area (Å²) in [5, 5.41) is 12.1. The molecule has 4 nitrogen and oxygen atoms in total. The molecule has 0 heterocycles. The molecule has 0 radical (unpaired) electrons. The third kappa shape index (κ3) is 4.99. The molecule has 0 aromatic heterocycles. The van der Waals surface area contributed by atoms with Crippen LogP contribution in [0.1, 0.15) is 18.1 Å². The van der Waals surface area contributed by atoms with Crippen molar-refractivity contribution < 1.29 is 23.1 Å². The van der Waals surface area contributed by atoms with Gasteiger partial charge in [-0.3, -0.25) is 0 Å². The molecule has 0 unspecified atom stereocenters. The summed E-state index contributed by atoms with van der Waals surface area (Å²) in [5.74, 6) is -1.15. The van der Waals surface area contributed by atoms with Gasteiger partial charge in [-0.15, -0.1) is 0 Å². The summed E-state index contributed by atoms with van der Waals surface area (Å²) >= 11 is 0. The summed E-state index contributed by atoms with van der Waals surface area (Å²) in [6, 6.07) is 4.98. The molecule has 0 bridgehead atoms. The maximum Gasteiger partial charge on any atom is 0.416 e. The van der Waals surface area contributed by atoms with Gasteiger partial charge in [0.2, 0.25) is 0 Å². The van der Waals surface area contributed by atoms with E-state index in [1.807, 2.05) is 0 Å². The first-order valence-electron chi connectivity index (χ1n) is 5.47. The van der Waals surface area contributed by atoms with Crippen LogP contribution in [0.3, 0.4) is 0 Å². The van der Waals surface area contributed by atoms with Crippen LogP contribution >= 0.6 is 0 Å². The van der Waals surface area contributed by atoms with Crippen molar-refractivity contribution in [2.45, 2.75) is 19.5 Å². The van der Waals surface area contributed by atoms with Crippen molar-refractivity contribution in [3.63, 3.8) is 0 Å². The highest BCUT2D eigenvalue weighted by Crippen LogP contribution is 2.29.